The van der Waals surface area contributed by atoms with E-state index >= 15 is 0 Å². The lowest BCUT2D eigenvalue weighted by molar-refractivity contribution is -0.228. The number of hydrogen-bond donors (Lipinski definition) is 1. The van der Waals surface area contributed by atoms with Crippen LogP contribution >= 0.6 is 0 Å². The fourth-order valence-electron chi connectivity index (χ4n) is 6.44. The van der Waals surface area contributed by atoms with Gasteiger partial charge in [0.25, 0.3) is 5.91 Å². The van der Waals surface area contributed by atoms with E-state index in [4.69, 9.17) is 0 Å². The highest BCUT2D eigenvalue weighted by molar-refractivity contribution is 5.96. The molecule has 1 saturated heterocycles. The molecular weight excluding hydrogens is 522 g/mol. The SMILES string of the molecule is CCc1ccc(CC23CCN(C(=O)c4ccc(C(=O)O)cc4)C2CCc2cc(C(C)(F)C(F)(F)F)ccc23)cc1. The summed E-state index contributed by atoms with van der Waals surface area (Å²) >= 11 is 0. The first kappa shape index (κ1) is 27.9. The number of carbonyl (C=O) groups excluding carboxylic acids is 1. The molecule has 4 nitrogen and oxygen atoms in total. The maximum atomic E-state index is 14.9. The summed E-state index contributed by atoms with van der Waals surface area (Å²) < 4.78 is 55.4. The molecule has 5 rings (SSSR count). The minimum atomic E-state index is -5.04. The molecule has 3 unspecified atom stereocenters. The molecule has 0 aromatic heterocycles. The number of rotatable bonds is 6. The van der Waals surface area contributed by atoms with E-state index < -0.39 is 28.8 Å². The maximum absolute atomic E-state index is 14.9. The molecule has 1 N–H and O–H groups in total. The molecule has 2 aliphatic rings. The van der Waals surface area contributed by atoms with E-state index in [1.165, 1.54) is 42.0 Å². The van der Waals surface area contributed by atoms with Crippen LogP contribution in [-0.4, -0.2) is 40.6 Å². The summed E-state index contributed by atoms with van der Waals surface area (Å²) in [4.78, 5) is 26.8. The number of hydrogen-bond acceptors (Lipinski definition) is 2. The van der Waals surface area contributed by atoms with E-state index in [1.54, 1.807) is 6.07 Å². The van der Waals surface area contributed by atoms with Gasteiger partial charge in [0, 0.05) is 23.6 Å². The molecule has 1 aliphatic carbocycles. The Kier molecular flexibility index (Phi) is 7.01. The number of fused-ring (bicyclic) bond motifs is 3. The second-order valence-corrected chi connectivity index (χ2v) is 11.1. The maximum Gasteiger partial charge on any atom is 0.426 e. The Labute approximate surface area is 230 Å². The van der Waals surface area contributed by atoms with E-state index in [0.717, 1.165) is 17.5 Å². The summed E-state index contributed by atoms with van der Waals surface area (Å²) in [6.07, 6.45) is -2.02. The van der Waals surface area contributed by atoms with Crippen LogP contribution < -0.4 is 0 Å². The van der Waals surface area contributed by atoms with Gasteiger partial charge in [-0.25, -0.2) is 9.18 Å². The number of halogens is 4. The molecular formula is C32H31F4NO3. The van der Waals surface area contributed by atoms with Crippen LogP contribution in [0.3, 0.4) is 0 Å². The molecule has 1 fully saturated rings. The summed E-state index contributed by atoms with van der Waals surface area (Å²) in [5, 5.41) is 9.21. The zero-order valence-electron chi connectivity index (χ0n) is 22.4. The van der Waals surface area contributed by atoms with Crippen molar-refractivity contribution in [3.8, 4) is 0 Å². The molecule has 8 heteroatoms. The number of benzene rings is 3. The molecule has 0 saturated carbocycles. The highest BCUT2D eigenvalue weighted by atomic mass is 19.4. The van der Waals surface area contributed by atoms with Crippen molar-refractivity contribution in [3.63, 3.8) is 0 Å². The van der Waals surface area contributed by atoms with Gasteiger partial charge in [-0.15, -0.1) is 0 Å². The Hall–Kier alpha value is -3.68. The van der Waals surface area contributed by atoms with E-state index in [9.17, 15) is 32.3 Å². The lowest BCUT2D eigenvalue weighted by Crippen LogP contribution is -2.49. The molecule has 1 aliphatic heterocycles. The zero-order chi connectivity index (χ0) is 28.9. The Morgan fingerprint density at radius 3 is 2.17 bits per heavy atom. The number of likely N-dealkylation sites (tertiary alicyclic amines) is 1. The van der Waals surface area contributed by atoms with Crippen molar-refractivity contribution in [3.05, 3.63) is 106 Å². The molecule has 0 spiro atoms. The van der Waals surface area contributed by atoms with Crippen molar-refractivity contribution in [2.75, 3.05) is 6.54 Å². The fraction of sp³-hybridized carbons (Fsp3) is 0.375. The number of carboxylic acids is 1. The summed E-state index contributed by atoms with van der Waals surface area (Å²) in [6, 6.07) is 18.1. The van der Waals surface area contributed by atoms with E-state index in [-0.39, 0.29) is 17.5 Å². The number of nitrogens with zero attached hydrogens (tertiary/aromatic N) is 1. The number of carbonyl (C=O) groups is 2. The Bertz CT molecular complexity index is 1430. The van der Waals surface area contributed by atoms with Crippen LogP contribution in [0.1, 0.15) is 75.2 Å². The second kappa shape index (κ2) is 10.1. The molecule has 0 bridgehead atoms. The highest BCUT2D eigenvalue weighted by Gasteiger charge is 2.55. The third-order valence-corrected chi connectivity index (χ3v) is 8.81. The topological polar surface area (TPSA) is 57.6 Å². The number of carboxylic acid groups (broad SMARTS) is 1. The molecule has 1 heterocycles. The third kappa shape index (κ3) is 4.67. The average molecular weight is 554 g/mol. The molecule has 3 atom stereocenters. The van der Waals surface area contributed by atoms with Crippen LogP contribution in [0, 0.1) is 0 Å². The molecule has 0 radical (unpaired) electrons. The van der Waals surface area contributed by atoms with Crippen LogP contribution in [0.25, 0.3) is 0 Å². The number of aryl methyl sites for hydroxylation is 2. The molecule has 3 aromatic carbocycles. The van der Waals surface area contributed by atoms with Crippen molar-refractivity contribution >= 4 is 11.9 Å². The first-order valence-corrected chi connectivity index (χ1v) is 13.5. The van der Waals surface area contributed by atoms with Gasteiger partial charge in [0.1, 0.15) is 0 Å². The van der Waals surface area contributed by atoms with Gasteiger partial charge in [-0.05, 0) is 91.1 Å². The van der Waals surface area contributed by atoms with E-state index in [1.807, 2.05) is 4.90 Å². The second-order valence-electron chi connectivity index (χ2n) is 11.1. The normalized spacial score (nSPS) is 21.9. The van der Waals surface area contributed by atoms with Gasteiger partial charge in [-0.2, -0.15) is 13.2 Å². The fourth-order valence-corrected chi connectivity index (χ4v) is 6.44. The molecule has 210 valence electrons. The van der Waals surface area contributed by atoms with Gasteiger partial charge in [-0.1, -0.05) is 49.4 Å². The van der Waals surface area contributed by atoms with Crippen molar-refractivity contribution in [1.29, 1.82) is 0 Å². The minimum Gasteiger partial charge on any atom is -0.478 e. The van der Waals surface area contributed by atoms with E-state index in [2.05, 4.69) is 31.2 Å². The summed E-state index contributed by atoms with van der Waals surface area (Å²) in [5.74, 6) is -1.29. The van der Waals surface area contributed by atoms with Gasteiger partial charge in [-0.3, -0.25) is 4.79 Å². The van der Waals surface area contributed by atoms with Gasteiger partial charge in [0.15, 0.2) is 0 Å². The monoisotopic (exact) mass is 553 g/mol. The van der Waals surface area contributed by atoms with Crippen LogP contribution in [0.5, 0.6) is 0 Å². The molecule has 3 aromatic rings. The number of alkyl halides is 4. The van der Waals surface area contributed by atoms with Crippen LogP contribution in [0.4, 0.5) is 17.6 Å². The lowest BCUT2D eigenvalue weighted by atomic mass is 9.63. The summed E-state index contributed by atoms with van der Waals surface area (Å²) in [5.41, 5.74) is -0.170. The summed E-state index contributed by atoms with van der Waals surface area (Å²) in [7, 11) is 0. The largest absolute Gasteiger partial charge is 0.478 e. The van der Waals surface area contributed by atoms with Gasteiger partial charge in [0.05, 0.1) is 5.56 Å². The van der Waals surface area contributed by atoms with Crippen molar-refractivity contribution in [2.45, 2.75) is 69.3 Å². The first-order valence-electron chi connectivity index (χ1n) is 13.5. The van der Waals surface area contributed by atoms with Gasteiger partial charge < -0.3 is 10.0 Å². The van der Waals surface area contributed by atoms with Crippen LogP contribution in [0.2, 0.25) is 0 Å². The Balaban J connectivity index is 1.55. The first-order chi connectivity index (χ1) is 18.9. The lowest BCUT2D eigenvalue weighted by Gasteiger charge is -2.44. The number of amides is 1. The van der Waals surface area contributed by atoms with Crippen molar-refractivity contribution in [1.82, 2.24) is 4.90 Å². The minimum absolute atomic E-state index is 0.0870. The summed E-state index contributed by atoms with van der Waals surface area (Å²) in [6.45, 7) is 3.07. The zero-order valence-corrected chi connectivity index (χ0v) is 22.4. The predicted molar refractivity (Wildman–Crippen MR) is 143 cm³/mol. The van der Waals surface area contributed by atoms with E-state index in [0.29, 0.717) is 50.3 Å². The third-order valence-electron chi connectivity index (χ3n) is 8.81. The average Bonchev–Trinajstić information content (AvgIpc) is 3.31. The smallest absolute Gasteiger partial charge is 0.426 e. The van der Waals surface area contributed by atoms with Crippen LogP contribution in [-0.2, 0) is 30.3 Å². The van der Waals surface area contributed by atoms with Gasteiger partial charge >= 0.3 is 12.1 Å². The standard InChI is InChI=1S/C32H31F4NO3/c1-3-20-4-6-21(7-5-20)19-31-16-17-37(28(38)22-8-10-23(11-9-22)29(39)40)27(31)15-12-24-18-25(13-14-26(24)31)30(2,33)32(34,35)36/h4-11,13-14,18,27H,3,12,15-17,19H2,1-2H3,(H,39,40). The predicted octanol–water partition coefficient (Wildman–Crippen LogP) is 7.04. The van der Waals surface area contributed by atoms with Crippen molar-refractivity contribution < 1.29 is 32.3 Å². The Morgan fingerprint density at radius 1 is 0.950 bits per heavy atom. The molecule has 1 amide bonds. The molecule has 40 heavy (non-hydrogen) atoms. The van der Waals surface area contributed by atoms with Crippen molar-refractivity contribution in [2.24, 2.45) is 0 Å². The highest BCUT2D eigenvalue weighted by Crippen LogP contribution is 2.51. The number of aromatic carboxylic acids is 1. The van der Waals surface area contributed by atoms with Crippen LogP contribution in [0.15, 0.2) is 66.7 Å². The Morgan fingerprint density at radius 2 is 1.57 bits per heavy atom. The van der Waals surface area contributed by atoms with Gasteiger partial charge in [0.2, 0.25) is 5.67 Å². The quantitative estimate of drug-likeness (QED) is 0.333.